The second kappa shape index (κ2) is 10.1. The van der Waals surface area contributed by atoms with Crippen molar-refractivity contribution >= 4 is 26.9 Å². The highest BCUT2D eigenvalue weighted by Crippen LogP contribution is 2.24. The number of hydrogen-bond donors (Lipinski definition) is 1. The standard InChI is InChI=1S/C25H31N3O4S/c1-18-15-19(2)25-22(16-18)23(27-32-25)17-24(29)26-12-11-20-7-9-21(10-8-20)33(30,31)28-13-5-3-4-6-14-28/h7-10,15-16H,3-6,11-14,17H2,1-2H3,(H,26,29). The first-order valence-electron chi connectivity index (χ1n) is 11.6. The molecule has 1 aliphatic rings. The molecule has 176 valence electrons. The first-order valence-corrected chi connectivity index (χ1v) is 13.0. The van der Waals surface area contributed by atoms with Crippen molar-refractivity contribution in [3.63, 3.8) is 0 Å². The summed E-state index contributed by atoms with van der Waals surface area (Å²) in [6.07, 6.45) is 4.78. The largest absolute Gasteiger partial charge is 0.356 e. The molecule has 2 heterocycles. The van der Waals surface area contributed by atoms with Crippen LogP contribution in [0.5, 0.6) is 0 Å². The van der Waals surface area contributed by atoms with Gasteiger partial charge in [-0.2, -0.15) is 4.31 Å². The minimum atomic E-state index is -3.44. The Hall–Kier alpha value is -2.71. The van der Waals surface area contributed by atoms with Gasteiger partial charge in [0.2, 0.25) is 15.9 Å². The molecule has 0 saturated carbocycles. The lowest BCUT2D eigenvalue weighted by Gasteiger charge is -2.20. The highest BCUT2D eigenvalue weighted by atomic mass is 32.2. The zero-order chi connectivity index (χ0) is 23.4. The highest BCUT2D eigenvalue weighted by Gasteiger charge is 2.24. The summed E-state index contributed by atoms with van der Waals surface area (Å²) in [5.41, 5.74) is 4.44. The Labute approximate surface area is 195 Å². The van der Waals surface area contributed by atoms with Crippen LogP contribution in [-0.4, -0.2) is 43.4 Å². The average molecular weight is 470 g/mol. The fraction of sp³-hybridized carbons (Fsp3) is 0.440. The van der Waals surface area contributed by atoms with Crippen molar-refractivity contribution in [2.24, 2.45) is 0 Å². The molecule has 1 N–H and O–H groups in total. The topological polar surface area (TPSA) is 92.5 Å². The maximum atomic E-state index is 12.9. The SMILES string of the molecule is Cc1cc(C)c2onc(CC(=O)NCCc3ccc(S(=O)(=O)N4CCCCCC4)cc3)c2c1. The summed E-state index contributed by atoms with van der Waals surface area (Å²) >= 11 is 0. The van der Waals surface area contributed by atoms with Gasteiger partial charge in [-0.15, -0.1) is 0 Å². The summed E-state index contributed by atoms with van der Waals surface area (Å²) in [7, 11) is -3.44. The number of aryl methyl sites for hydroxylation is 2. The second-order valence-corrected chi connectivity index (χ2v) is 10.8. The lowest BCUT2D eigenvalue weighted by atomic mass is 10.1. The Balaban J connectivity index is 1.31. The van der Waals surface area contributed by atoms with Crippen molar-refractivity contribution < 1.29 is 17.7 Å². The van der Waals surface area contributed by atoms with E-state index in [-0.39, 0.29) is 12.3 Å². The number of amides is 1. The molecule has 7 nitrogen and oxygen atoms in total. The van der Waals surface area contributed by atoms with E-state index >= 15 is 0 Å². The maximum Gasteiger partial charge on any atom is 0.243 e. The molecule has 0 aliphatic carbocycles. The summed E-state index contributed by atoms with van der Waals surface area (Å²) in [6.45, 7) is 5.62. The number of aromatic nitrogens is 1. The van der Waals surface area contributed by atoms with Gasteiger partial charge >= 0.3 is 0 Å². The molecule has 1 amide bonds. The van der Waals surface area contributed by atoms with E-state index in [9.17, 15) is 13.2 Å². The van der Waals surface area contributed by atoms with Crippen LogP contribution in [0.25, 0.3) is 11.0 Å². The van der Waals surface area contributed by atoms with Gasteiger partial charge in [0.15, 0.2) is 5.58 Å². The summed E-state index contributed by atoms with van der Waals surface area (Å²) < 4.78 is 32.8. The number of benzene rings is 2. The van der Waals surface area contributed by atoms with E-state index in [0.29, 0.717) is 36.6 Å². The lowest BCUT2D eigenvalue weighted by molar-refractivity contribution is -0.120. The molecule has 0 bridgehead atoms. The van der Waals surface area contributed by atoms with E-state index in [1.54, 1.807) is 16.4 Å². The third-order valence-electron chi connectivity index (χ3n) is 6.17. The minimum absolute atomic E-state index is 0.121. The van der Waals surface area contributed by atoms with E-state index in [0.717, 1.165) is 53.3 Å². The molecule has 33 heavy (non-hydrogen) atoms. The molecule has 1 saturated heterocycles. The van der Waals surface area contributed by atoms with Gasteiger partial charge < -0.3 is 9.84 Å². The molecular formula is C25H31N3O4S. The Morgan fingerprint density at radius 1 is 1.06 bits per heavy atom. The van der Waals surface area contributed by atoms with Crippen LogP contribution < -0.4 is 5.32 Å². The lowest BCUT2D eigenvalue weighted by Crippen LogP contribution is -2.31. The van der Waals surface area contributed by atoms with Crippen molar-refractivity contribution in [2.45, 2.75) is 57.3 Å². The summed E-state index contributed by atoms with van der Waals surface area (Å²) in [5.74, 6) is -0.121. The van der Waals surface area contributed by atoms with Crippen molar-refractivity contribution in [1.29, 1.82) is 0 Å². The fourth-order valence-electron chi connectivity index (χ4n) is 4.39. The van der Waals surface area contributed by atoms with Gasteiger partial charge in [0.25, 0.3) is 0 Å². The van der Waals surface area contributed by atoms with Crippen molar-refractivity contribution in [3.05, 3.63) is 58.8 Å². The van der Waals surface area contributed by atoms with E-state index < -0.39 is 10.0 Å². The molecule has 3 aromatic rings. The van der Waals surface area contributed by atoms with Gasteiger partial charge in [0.05, 0.1) is 11.3 Å². The number of sulfonamides is 1. The first kappa shape index (κ1) is 23.4. The summed E-state index contributed by atoms with van der Waals surface area (Å²) in [5, 5.41) is 7.88. The molecule has 0 atom stereocenters. The van der Waals surface area contributed by atoms with Crippen LogP contribution in [0.3, 0.4) is 0 Å². The third kappa shape index (κ3) is 5.45. The maximum absolute atomic E-state index is 12.9. The Kier molecular flexibility index (Phi) is 7.14. The van der Waals surface area contributed by atoms with E-state index in [1.165, 1.54) is 0 Å². The number of carbonyl (C=O) groups excluding carboxylic acids is 1. The quantitative estimate of drug-likeness (QED) is 0.566. The van der Waals surface area contributed by atoms with Gasteiger partial charge in [-0.1, -0.05) is 36.2 Å². The molecular weight excluding hydrogens is 438 g/mol. The van der Waals surface area contributed by atoms with Crippen LogP contribution >= 0.6 is 0 Å². The third-order valence-corrected chi connectivity index (χ3v) is 8.08. The number of nitrogens with one attached hydrogen (secondary N) is 1. The number of carbonyl (C=O) groups is 1. The fourth-order valence-corrected chi connectivity index (χ4v) is 5.90. The Bertz CT molecular complexity index is 1220. The van der Waals surface area contributed by atoms with Crippen molar-refractivity contribution in [1.82, 2.24) is 14.8 Å². The van der Waals surface area contributed by atoms with E-state index in [1.807, 2.05) is 38.1 Å². The van der Waals surface area contributed by atoms with Crippen molar-refractivity contribution in [2.75, 3.05) is 19.6 Å². The Morgan fingerprint density at radius 3 is 2.45 bits per heavy atom. The van der Waals surface area contributed by atoms with Gasteiger partial charge in [0, 0.05) is 25.0 Å². The number of nitrogens with zero attached hydrogens (tertiary/aromatic N) is 2. The van der Waals surface area contributed by atoms with E-state index in [2.05, 4.69) is 10.5 Å². The zero-order valence-electron chi connectivity index (χ0n) is 19.3. The molecule has 8 heteroatoms. The average Bonchev–Trinajstić information content (AvgIpc) is 2.99. The van der Waals surface area contributed by atoms with Crippen molar-refractivity contribution in [3.8, 4) is 0 Å². The molecule has 1 aliphatic heterocycles. The second-order valence-electron chi connectivity index (χ2n) is 8.83. The molecule has 1 aromatic heterocycles. The first-order chi connectivity index (χ1) is 15.8. The minimum Gasteiger partial charge on any atom is -0.356 e. The van der Waals surface area contributed by atoms with Crippen LogP contribution in [0.4, 0.5) is 0 Å². The van der Waals surface area contributed by atoms with Crippen LogP contribution in [0, 0.1) is 13.8 Å². The number of rotatable bonds is 7. The van der Waals surface area contributed by atoms with Crippen LogP contribution in [-0.2, 0) is 27.7 Å². The number of fused-ring (bicyclic) bond motifs is 1. The van der Waals surface area contributed by atoms with Gasteiger partial charge in [0.1, 0.15) is 5.69 Å². The van der Waals surface area contributed by atoms with Crippen LogP contribution in [0.2, 0.25) is 0 Å². The summed E-state index contributed by atoms with van der Waals surface area (Å²) in [6, 6.07) is 11.0. The highest BCUT2D eigenvalue weighted by molar-refractivity contribution is 7.89. The van der Waals surface area contributed by atoms with Gasteiger partial charge in [-0.3, -0.25) is 4.79 Å². The zero-order valence-corrected chi connectivity index (χ0v) is 20.1. The monoisotopic (exact) mass is 469 g/mol. The van der Waals surface area contributed by atoms with E-state index in [4.69, 9.17) is 4.52 Å². The molecule has 4 rings (SSSR count). The van der Waals surface area contributed by atoms with Crippen LogP contribution in [0.1, 0.15) is 48.1 Å². The molecule has 0 unspecified atom stereocenters. The molecule has 0 spiro atoms. The Morgan fingerprint density at radius 2 is 1.76 bits per heavy atom. The molecule has 1 fully saturated rings. The predicted octanol–water partition coefficient (Wildman–Crippen LogP) is 3.91. The van der Waals surface area contributed by atoms with Crippen LogP contribution in [0.15, 0.2) is 45.8 Å². The van der Waals surface area contributed by atoms with Gasteiger partial charge in [-0.05, 0) is 68.0 Å². The predicted molar refractivity (Wildman–Crippen MR) is 128 cm³/mol. The normalized spacial score (nSPS) is 15.5. The molecule has 0 radical (unpaired) electrons. The smallest absolute Gasteiger partial charge is 0.243 e. The molecule has 2 aromatic carbocycles. The van der Waals surface area contributed by atoms with Gasteiger partial charge in [-0.25, -0.2) is 8.42 Å². The summed E-state index contributed by atoms with van der Waals surface area (Å²) in [4.78, 5) is 12.8. The number of hydrogen-bond acceptors (Lipinski definition) is 5.